The zero-order valence-electron chi connectivity index (χ0n) is 60.8. The molecule has 0 saturated heterocycles. The molecule has 8 heteroatoms. The van der Waals surface area contributed by atoms with Crippen LogP contribution in [0.15, 0.2) is 433 Å². The van der Waals surface area contributed by atoms with Crippen molar-refractivity contribution in [2.75, 3.05) is 19.6 Å². The van der Waals surface area contributed by atoms with Crippen molar-refractivity contribution in [2.45, 2.75) is 0 Å². The highest BCUT2D eigenvalue weighted by Crippen LogP contribution is 2.47. The normalized spacial score (nSPS) is 11.4. The van der Waals surface area contributed by atoms with Crippen LogP contribution in [0.5, 0.6) is 0 Å². The molecule has 112 heavy (non-hydrogen) atoms. The second-order valence-corrected chi connectivity index (χ2v) is 30.1. The predicted molar refractivity (Wildman–Crippen MR) is 474 cm³/mol. The van der Waals surface area contributed by atoms with Gasteiger partial charge in [0, 0.05) is 120 Å². The number of hydrogen-bond acceptors (Lipinski definition) is 8. The maximum absolute atomic E-state index is 6.57. The summed E-state index contributed by atoms with van der Waals surface area (Å²) in [5.74, 6) is 0. The summed E-state index contributed by atoms with van der Waals surface area (Å²) in [5, 5.41) is 4.44. The Bertz CT molecular complexity index is 6270. The lowest BCUT2D eigenvalue weighted by molar-refractivity contribution is 0.669. The summed E-state index contributed by atoms with van der Waals surface area (Å²) in [6.07, 6.45) is 0. The van der Waals surface area contributed by atoms with Crippen LogP contribution < -0.4 is 19.6 Å². The van der Waals surface area contributed by atoms with Crippen molar-refractivity contribution < 1.29 is 8.83 Å². The van der Waals surface area contributed by atoms with Gasteiger partial charge in [0.2, 0.25) is 0 Å². The molecule has 0 fully saturated rings. The lowest BCUT2D eigenvalue weighted by atomic mass is 10.0. The van der Waals surface area contributed by atoms with Crippen LogP contribution in [0.1, 0.15) is 0 Å². The van der Waals surface area contributed by atoms with E-state index in [9.17, 15) is 0 Å². The smallest absolute Gasteiger partial charge is 0.143 e. The molecule has 0 amide bonds. The lowest BCUT2D eigenvalue weighted by Gasteiger charge is -2.29. The molecule has 16 aromatic carbocycles. The van der Waals surface area contributed by atoms with E-state index in [1.807, 2.05) is 46.9 Å². The number of furan rings is 2. The van der Waals surface area contributed by atoms with Crippen LogP contribution in [-0.4, -0.2) is 0 Å². The van der Waals surface area contributed by atoms with Crippen molar-refractivity contribution in [3.8, 4) is 75.1 Å². The van der Waals surface area contributed by atoms with Gasteiger partial charge in [-0.3, -0.25) is 0 Å². The molecule has 6 nitrogen and oxygen atoms in total. The van der Waals surface area contributed by atoms with Crippen LogP contribution in [0.25, 0.3) is 119 Å². The first-order valence-electron chi connectivity index (χ1n) is 37.7. The van der Waals surface area contributed by atoms with Gasteiger partial charge in [0.05, 0.1) is 0 Å². The Kier molecular flexibility index (Phi) is 17.6. The van der Waals surface area contributed by atoms with Crippen LogP contribution in [-0.2, 0) is 0 Å². The quantitative estimate of drug-likeness (QED) is 0.0803. The third-order valence-electron chi connectivity index (χ3n) is 21.2. The third kappa shape index (κ3) is 12.9. The Morgan fingerprint density at radius 1 is 0.152 bits per heavy atom. The van der Waals surface area contributed by atoms with E-state index in [4.69, 9.17) is 8.83 Å². The van der Waals surface area contributed by atoms with Crippen LogP contribution in [0, 0.1) is 0 Å². The average Bonchev–Trinajstić information content (AvgIpc) is 1.73. The molecule has 4 aromatic heterocycles. The minimum absolute atomic E-state index is 0.882. The van der Waals surface area contributed by atoms with Gasteiger partial charge in [-0.15, -0.1) is 22.7 Å². The molecule has 0 aliphatic rings. The molecule has 20 aromatic rings. The zero-order chi connectivity index (χ0) is 74.3. The highest BCUT2D eigenvalue weighted by atomic mass is 32.1. The molecule has 0 aliphatic heterocycles. The van der Waals surface area contributed by atoms with E-state index in [2.05, 4.69) is 420 Å². The van der Waals surface area contributed by atoms with E-state index in [1.165, 1.54) is 41.8 Å². The van der Waals surface area contributed by atoms with Gasteiger partial charge in [-0.1, -0.05) is 243 Å². The summed E-state index contributed by atoms with van der Waals surface area (Å²) in [7, 11) is 0. The van der Waals surface area contributed by atoms with Crippen molar-refractivity contribution in [3.63, 3.8) is 0 Å². The number of benzene rings is 16. The third-order valence-corrected chi connectivity index (χ3v) is 23.5. The molecule has 20 rings (SSSR count). The fraction of sp³-hybridized carbons (Fsp3) is 0. The summed E-state index contributed by atoms with van der Waals surface area (Å²) < 4.78 is 13.1. The molecule has 4 heterocycles. The van der Waals surface area contributed by atoms with Gasteiger partial charge in [0.25, 0.3) is 0 Å². The molecule has 0 bridgehead atoms. The Morgan fingerprint density at radius 2 is 0.366 bits per heavy atom. The molecule has 0 spiro atoms. The standard InChI is InChI=1S/C104H70N4O2S2/c1-5-19-75(20-6-1)99-67-69-101(111-99)77-43-55-85(56-44-77)105(79-23-9-3-10-24-79)87-59-63-89(64-60-87)107(83-51-39-73(40-52-83)91-29-17-31-95-93-27-13-15-33-97(93)109-103(91)95)81-47-35-71(36-48-81)72-37-49-82(50-38-72)108(84-53-41-74(42-54-84)92-30-18-32-96-94-28-14-16-34-98(94)110-104(92)96)90-65-61-88(62-66-90)106(80-25-11-4-12-26-80)86-57-45-78(46-58-86)102-70-68-100(112-102)76-21-7-2-8-22-76/h1-70H. The molecule has 0 atom stereocenters. The fourth-order valence-electron chi connectivity index (χ4n) is 15.6. The zero-order valence-corrected chi connectivity index (χ0v) is 62.5. The van der Waals surface area contributed by atoms with Gasteiger partial charge in [-0.25, -0.2) is 0 Å². The number of thiophene rings is 2. The Hall–Kier alpha value is -14.3. The molecule has 0 unspecified atom stereocenters. The summed E-state index contributed by atoms with van der Waals surface area (Å²) in [6.45, 7) is 0. The number of anilines is 12. The van der Waals surface area contributed by atoms with Gasteiger partial charge >= 0.3 is 0 Å². The van der Waals surface area contributed by atoms with E-state index in [0.717, 1.165) is 146 Å². The van der Waals surface area contributed by atoms with E-state index < -0.39 is 0 Å². The van der Waals surface area contributed by atoms with Gasteiger partial charge in [0.1, 0.15) is 22.3 Å². The van der Waals surface area contributed by atoms with Crippen LogP contribution >= 0.6 is 22.7 Å². The second kappa shape index (κ2) is 29.4. The van der Waals surface area contributed by atoms with Crippen molar-refractivity contribution in [1.29, 1.82) is 0 Å². The van der Waals surface area contributed by atoms with Gasteiger partial charge in [-0.05, 0) is 226 Å². The van der Waals surface area contributed by atoms with Gasteiger partial charge in [0.15, 0.2) is 0 Å². The van der Waals surface area contributed by atoms with Crippen LogP contribution in [0.3, 0.4) is 0 Å². The highest BCUT2D eigenvalue weighted by Gasteiger charge is 2.23. The van der Waals surface area contributed by atoms with Crippen molar-refractivity contribution in [2.24, 2.45) is 0 Å². The number of para-hydroxylation sites is 6. The SMILES string of the molecule is c1ccc(-c2ccc(-c3ccc(N(c4ccccc4)c4ccc(N(c5ccc(-c6ccc(N(c7ccc(-c8cccc9c8oc8ccccc89)cc7)c7ccc(N(c8ccccc8)c8ccc(-c9ccc(-c%10ccccc%10)s9)cc8)cc7)cc6)cc5)c5ccc(-c6cccc7c6oc6ccccc67)cc5)cc4)cc3)s2)cc1. The largest absolute Gasteiger partial charge is 0.455 e. The van der Waals surface area contributed by atoms with Gasteiger partial charge < -0.3 is 28.4 Å². The maximum Gasteiger partial charge on any atom is 0.143 e. The van der Waals surface area contributed by atoms with Crippen molar-refractivity contribution in [3.05, 3.63) is 425 Å². The van der Waals surface area contributed by atoms with E-state index in [-0.39, 0.29) is 0 Å². The van der Waals surface area contributed by atoms with Crippen LogP contribution in [0.2, 0.25) is 0 Å². The summed E-state index contributed by atoms with van der Waals surface area (Å²) in [4.78, 5) is 14.3. The molecule has 0 radical (unpaired) electrons. The number of fused-ring (bicyclic) bond motifs is 6. The Balaban J connectivity index is 0.633. The molecule has 0 N–H and O–H groups in total. The Labute approximate surface area is 658 Å². The molecule has 530 valence electrons. The summed E-state index contributed by atoms with van der Waals surface area (Å²) in [6, 6.07) is 152. The average molecular weight is 1470 g/mol. The first-order chi connectivity index (χ1) is 55.5. The first kappa shape index (κ1) is 67.1. The minimum Gasteiger partial charge on any atom is -0.455 e. The monoisotopic (exact) mass is 1470 g/mol. The summed E-state index contributed by atoms with van der Waals surface area (Å²) in [5.41, 5.74) is 27.3. The topological polar surface area (TPSA) is 39.2 Å². The number of rotatable bonds is 19. The molecular formula is C104H70N4O2S2. The minimum atomic E-state index is 0.882. The number of nitrogens with zero attached hydrogens (tertiary/aromatic N) is 4. The van der Waals surface area contributed by atoms with E-state index in [0.29, 0.717) is 0 Å². The first-order valence-corrected chi connectivity index (χ1v) is 39.4. The van der Waals surface area contributed by atoms with E-state index in [1.54, 1.807) is 0 Å². The van der Waals surface area contributed by atoms with Crippen molar-refractivity contribution >= 4 is 135 Å². The van der Waals surface area contributed by atoms with Crippen LogP contribution in [0.4, 0.5) is 68.2 Å². The van der Waals surface area contributed by atoms with Gasteiger partial charge in [-0.2, -0.15) is 0 Å². The van der Waals surface area contributed by atoms with E-state index >= 15 is 0 Å². The lowest BCUT2D eigenvalue weighted by Crippen LogP contribution is -2.12. The second-order valence-electron chi connectivity index (χ2n) is 27.9. The predicted octanol–water partition coefficient (Wildman–Crippen LogP) is 31.2. The molecule has 0 saturated carbocycles. The summed E-state index contributed by atoms with van der Waals surface area (Å²) >= 11 is 3.64. The highest BCUT2D eigenvalue weighted by molar-refractivity contribution is 7.19. The molecular weight excluding hydrogens is 1400 g/mol. The Morgan fingerprint density at radius 3 is 0.661 bits per heavy atom. The fourth-order valence-corrected chi connectivity index (χ4v) is 17.7. The number of hydrogen-bond donors (Lipinski definition) is 0. The molecule has 0 aliphatic carbocycles. The maximum atomic E-state index is 6.57. The van der Waals surface area contributed by atoms with Crippen molar-refractivity contribution in [1.82, 2.24) is 0 Å².